The highest BCUT2D eigenvalue weighted by Gasteiger charge is 2.33. The first kappa shape index (κ1) is 14.7. The summed E-state index contributed by atoms with van der Waals surface area (Å²) < 4.78 is 0. The standard InChI is InChI=1S/C16H17ClN4O/c1-20(16(22)19-13-6-4-5-12(17)9-13)14-10-21(11-14)15-7-2-3-8-18-15/h2-9,14H,10-11H2,1H3,(H,19,22). The van der Waals surface area contributed by atoms with Crippen LogP contribution in [-0.4, -0.2) is 42.1 Å². The molecule has 1 aliphatic rings. The van der Waals surface area contributed by atoms with E-state index in [1.54, 1.807) is 30.3 Å². The van der Waals surface area contributed by atoms with E-state index in [1.165, 1.54) is 0 Å². The van der Waals surface area contributed by atoms with Gasteiger partial charge in [-0.2, -0.15) is 0 Å². The van der Waals surface area contributed by atoms with Crippen LogP contribution in [-0.2, 0) is 0 Å². The molecule has 22 heavy (non-hydrogen) atoms. The Morgan fingerprint density at radius 2 is 2.14 bits per heavy atom. The highest BCUT2D eigenvalue weighted by molar-refractivity contribution is 6.30. The van der Waals surface area contributed by atoms with E-state index in [0.717, 1.165) is 18.9 Å². The molecule has 0 atom stereocenters. The molecule has 5 nitrogen and oxygen atoms in total. The molecule has 2 heterocycles. The third kappa shape index (κ3) is 3.14. The van der Waals surface area contributed by atoms with Gasteiger partial charge in [0.2, 0.25) is 0 Å². The second-order valence-electron chi connectivity index (χ2n) is 5.30. The summed E-state index contributed by atoms with van der Waals surface area (Å²) in [5, 5.41) is 3.46. The van der Waals surface area contributed by atoms with Crippen LogP contribution >= 0.6 is 11.6 Å². The van der Waals surface area contributed by atoms with Gasteiger partial charge in [-0.1, -0.05) is 23.7 Å². The largest absolute Gasteiger partial charge is 0.352 e. The van der Waals surface area contributed by atoms with E-state index in [9.17, 15) is 4.79 Å². The van der Waals surface area contributed by atoms with Gasteiger partial charge in [-0.05, 0) is 30.3 Å². The molecule has 2 amide bonds. The molecule has 0 unspecified atom stereocenters. The van der Waals surface area contributed by atoms with Crippen molar-refractivity contribution in [2.24, 2.45) is 0 Å². The normalized spacial score (nSPS) is 14.4. The number of halogens is 1. The summed E-state index contributed by atoms with van der Waals surface area (Å²) in [6, 6.07) is 13.0. The van der Waals surface area contributed by atoms with Crippen molar-refractivity contribution in [2.75, 3.05) is 30.4 Å². The molecule has 3 rings (SSSR count). The summed E-state index contributed by atoms with van der Waals surface area (Å²) in [7, 11) is 1.81. The van der Waals surface area contributed by atoms with E-state index in [0.29, 0.717) is 10.7 Å². The van der Waals surface area contributed by atoms with Crippen LogP contribution < -0.4 is 10.2 Å². The first-order valence-corrected chi connectivity index (χ1v) is 7.46. The predicted octanol–water partition coefficient (Wildman–Crippen LogP) is 3.09. The predicted molar refractivity (Wildman–Crippen MR) is 88.5 cm³/mol. The minimum Gasteiger partial charge on any atom is -0.352 e. The average Bonchev–Trinajstić information content (AvgIpc) is 2.46. The number of nitrogens with zero attached hydrogens (tertiary/aromatic N) is 3. The molecular formula is C16H17ClN4O. The maximum absolute atomic E-state index is 12.2. The quantitative estimate of drug-likeness (QED) is 0.946. The molecule has 114 valence electrons. The van der Waals surface area contributed by atoms with Crippen molar-refractivity contribution in [3.8, 4) is 0 Å². The Hall–Kier alpha value is -2.27. The number of pyridine rings is 1. The maximum atomic E-state index is 12.2. The molecule has 0 aliphatic carbocycles. The Balaban J connectivity index is 1.54. The lowest BCUT2D eigenvalue weighted by atomic mass is 10.1. The molecule has 0 spiro atoms. The Bertz CT molecular complexity index is 658. The van der Waals surface area contributed by atoms with E-state index >= 15 is 0 Å². The number of anilines is 2. The first-order valence-electron chi connectivity index (χ1n) is 7.09. The van der Waals surface area contributed by atoms with Gasteiger partial charge in [-0.3, -0.25) is 0 Å². The van der Waals surface area contributed by atoms with Gasteiger partial charge in [0.05, 0.1) is 6.04 Å². The fourth-order valence-corrected chi connectivity index (χ4v) is 2.56. The SMILES string of the molecule is CN(C(=O)Nc1cccc(Cl)c1)C1CN(c2ccccn2)C1. The molecule has 1 fully saturated rings. The molecule has 1 aromatic carbocycles. The van der Waals surface area contributed by atoms with E-state index in [4.69, 9.17) is 11.6 Å². The minimum absolute atomic E-state index is 0.132. The molecule has 1 aromatic heterocycles. The van der Waals surface area contributed by atoms with Crippen LogP contribution in [0.15, 0.2) is 48.7 Å². The van der Waals surface area contributed by atoms with Crippen LogP contribution in [0.25, 0.3) is 0 Å². The van der Waals surface area contributed by atoms with Crippen LogP contribution in [0.5, 0.6) is 0 Å². The Labute approximate surface area is 134 Å². The molecule has 0 bridgehead atoms. The Kier molecular flexibility index (Phi) is 4.15. The van der Waals surface area contributed by atoms with Crippen LogP contribution in [0.1, 0.15) is 0 Å². The van der Waals surface area contributed by atoms with Gasteiger partial charge in [-0.15, -0.1) is 0 Å². The van der Waals surface area contributed by atoms with E-state index in [1.807, 2.05) is 30.3 Å². The molecule has 6 heteroatoms. The number of urea groups is 1. The third-order valence-electron chi connectivity index (χ3n) is 3.78. The van der Waals surface area contributed by atoms with Gasteiger partial charge >= 0.3 is 6.03 Å². The summed E-state index contributed by atoms with van der Waals surface area (Å²) in [6.07, 6.45) is 1.78. The monoisotopic (exact) mass is 316 g/mol. The number of carbonyl (C=O) groups excluding carboxylic acids is 1. The number of hydrogen-bond donors (Lipinski definition) is 1. The van der Waals surface area contributed by atoms with Gasteiger partial charge in [0, 0.05) is 37.0 Å². The summed E-state index contributed by atoms with van der Waals surface area (Å²) in [6.45, 7) is 1.58. The van der Waals surface area contributed by atoms with Gasteiger partial charge in [-0.25, -0.2) is 9.78 Å². The summed E-state index contributed by atoms with van der Waals surface area (Å²) >= 11 is 5.92. The lowest BCUT2D eigenvalue weighted by molar-refractivity contribution is 0.191. The number of nitrogens with one attached hydrogen (secondary N) is 1. The maximum Gasteiger partial charge on any atom is 0.321 e. The molecule has 0 radical (unpaired) electrons. The molecule has 1 N–H and O–H groups in total. The Morgan fingerprint density at radius 1 is 1.32 bits per heavy atom. The highest BCUT2D eigenvalue weighted by Crippen LogP contribution is 2.21. The third-order valence-corrected chi connectivity index (χ3v) is 4.01. The van der Waals surface area contributed by atoms with E-state index in [-0.39, 0.29) is 12.1 Å². The minimum atomic E-state index is -0.132. The number of rotatable bonds is 3. The molecular weight excluding hydrogens is 300 g/mol. The molecule has 1 aliphatic heterocycles. The molecule has 2 aromatic rings. The van der Waals surface area contributed by atoms with Crippen LogP contribution in [0.2, 0.25) is 5.02 Å². The number of likely N-dealkylation sites (N-methyl/N-ethyl adjacent to an activating group) is 1. The number of carbonyl (C=O) groups is 1. The summed E-state index contributed by atoms with van der Waals surface area (Å²) in [4.78, 5) is 20.4. The first-order chi connectivity index (χ1) is 10.6. The van der Waals surface area contributed by atoms with Gasteiger partial charge in [0.25, 0.3) is 0 Å². The fourth-order valence-electron chi connectivity index (χ4n) is 2.37. The summed E-state index contributed by atoms with van der Waals surface area (Å²) in [5.74, 6) is 0.947. The zero-order valence-electron chi connectivity index (χ0n) is 12.2. The van der Waals surface area contributed by atoms with E-state index < -0.39 is 0 Å². The fraction of sp³-hybridized carbons (Fsp3) is 0.250. The zero-order valence-corrected chi connectivity index (χ0v) is 13.0. The smallest absolute Gasteiger partial charge is 0.321 e. The average molecular weight is 317 g/mol. The van der Waals surface area contributed by atoms with Crippen molar-refractivity contribution in [3.05, 3.63) is 53.7 Å². The van der Waals surface area contributed by atoms with Gasteiger partial charge in [0.15, 0.2) is 0 Å². The lowest BCUT2D eigenvalue weighted by Gasteiger charge is -2.44. The van der Waals surface area contributed by atoms with Gasteiger partial charge < -0.3 is 15.1 Å². The number of benzene rings is 1. The van der Waals surface area contributed by atoms with Crippen molar-refractivity contribution < 1.29 is 4.79 Å². The number of amides is 2. The lowest BCUT2D eigenvalue weighted by Crippen LogP contribution is -2.60. The van der Waals surface area contributed by atoms with E-state index in [2.05, 4.69) is 15.2 Å². The van der Waals surface area contributed by atoms with Crippen LogP contribution in [0.4, 0.5) is 16.3 Å². The molecule has 1 saturated heterocycles. The van der Waals surface area contributed by atoms with Crippen LogP contribution in [0, 0.1) is 0 Å². The summed E-state index contributed by atoms with van der Waals surface area (Å²) in [5.41, 5.74) is 0.699. The van der Waals surface area contributed by atoms with Crippen molar-refractivity contribution in [3.63, 3.8) is 0 Å². The van der Waals surface area contributed by atoms with Crippen molar-refractivity contribution >= 4 is 29.1 Å². The van der Waals surface area contributed by atoms with Crippen LogP contribution in [0.3, 0.4) is 0 Å². The number of hydrogen-bond acceptors (Lipinski definition) is 3. The van der Waals surface area contributed by atoms with Crippen molar-refractivity contribution in [1.82, 2.24) is 9.88 Å². The highest BCUT2D eigenvalue weighted by atomic mass is 35.5. The topological polar surface area (TPSA) is 48.5 Å². The Morgan fingerprint density at radius 3 is 2.82 bits per heavy atom. The second-order valence-corrected chi connectivity index (χ2v) is 5.73. The zero-order chi connectivity index (χ0) is 15.5. The van der Waals surface area contributed by atoms with Crippen molar-refractivity contribution in [1.29, 1.82) is 0 Å². The molecule has 0 saturated carbocycles. The second kappa shape index (κ2) is 6.23. The van der Waals surface area contributed by atoms with Crippen molar-refractivity contribution in [2.45, 2.75) is 6.04 Å². The number of aromatic nitrogens is 1. The van der Waals surface area contributed by atoms with Gasteiger partial charge in [0.1, 0.15) is 5.82 Å².